The molecule has 2 aromatic heterocycles. The molecule has 0 saturated carbocycles. The smallest absolute Gasteiger partial charge is 0.314 e. The predicted octanol–water partition coefficient (Wildman–Crippen LogP) is 1.84. The van der Waals surface area contributed by atoms with Crippen molar-refractivity contribution in [1.82, 2.24) is 19.6 Å². The molecule has 0 bridgehead atoms. The number of carbonyl (C=O) groups excluding carboxylic acids is 2. The van der Waals surface area contributed by atoms with Gasteiger partial charge in [-0.05, 0) is 24.3 Å². The molecule has 0 spiro atoms. The molecule has 122 valence electrons. The van der Waals surface area contributed by atoms with Gasteiger partial charge in [0.05, 0.1) is 22.6 Å². The van der Waals surface area contributed by atoms with Crippen LogP contribution in [0.4, 0.5) is 11.4 Å². The zero-order valence-corrected chi connectivity index (χ0v) is 13.4. The van der Waals surface area contributed by atoms with E-state index >= 15 is 0 Å². The number of nitrogens with one attached hydrogen (secondary N) is 2. The van der Waals surface area contributed by atoms with Crippen LogP contribution in [0.2, 0.25) is 5.02 Å². The lowest BCUT2D eigenvalue weighted by molar-refractivity contribution is -0.132. The molecule has 9 heteroatoms. The fourth-order valence-electron chi connectivity index (χ4n) is 2.04. The first-order chi connectivity index (χ1) is 11.5. The average Bonchev–Trinajstić information content (AvgIpc) is 3.19. The summed E-state index contributed by atoms with van der Waals surface area (Å²) in [7, 11) is 1.71. The third kappa shape index (κ3) is 3.44. The van der Waals surface area contributed by atoms with Gasteiger partial charge in [0.1, 0.15) is 0 Å². The zero-order valence-electron chi connectivity index (χ0n) is 12.6. The van der Waals surface area contributed by atoms with Gasteiger partial charge in [-0.15, -0.1) is 0 Å². The zero-order chi connectivity index (χ0) is 17.1. The highest BCUT2D eigenvalue weighted by atomic mass is 35.5. The molecule has 2 heterocycles. The number of benzene rings is 1. The lowest BCUT2D eigenvalue weighted by Crippen LogP contribution is -2.28. The number of carbonyl (C=O) groups is 2. The van der Waals surface area contributed by atoms with E-state index < -0.39 is 11.8 Å². The van der Waals surface area contributed by atoms with Crippen molar-refractivity contribution >= 4 is 34.8 Å². The van der Waals surface area contributed by atoms with Crippen LogP contribution in [0, 0.1) is 0 Å². The Kier molecular flexibility index (Phi) is 4.30. The van der Waals surface area contributed by atoms with Crippen LogP contribution in [0.15, 0.2) is 49.1 Å². The summed E-state index contributed by atoms with van der Waals surface area (Å²) < 4.78 is 3.12. The number of amides is 2. The van der Waals surface area contributed by atoms with Crippen molar-refractivity contribution in [2.24, 2.45) is 7.05 Å². The molecule has 0 aliphatic carbocycles. The van der Waals surface area contributed by atoms with E-state index in [1.165, 1.54) is 10.9 Å². The maximum Gasteiger partial charge on any atom is 0.314 e. The highest BCUT2D eigenvalue weighted by molar-refractivity contribution is 6.43. The second kappa shape index (κ2) is 6.55. The molecule has 0 aliphatic rings. The molecule has 24 heavy (non-hydrogen) atoms. The highest BCUT2D eigenvalue weighted by Gasteiger charge is 2.15. The van der Waals surface area contributed by atoms with Crippen molar-refractivity contribution < 1.29 is 9.59 Å². The predicted molar refractivity (Wildman–Crippen MR) is 89.0 cm³/mol. The van der Waals surface area contributed by atoms with Gasteiger partial charge in [-0.25, -0.2) is 4.68 Å². The van der Waals surface area contributed by atoms with E-state index in [0.29, 0.717) is 22.1 Å². The van der Waals surface area contributed by atoms with Crippen LogP contribution >= 0.6 is 11.6 Å². The molecule has 2 N–H and O–H groups in total. The van der Waals surface area contributed by atoms with Crippen LogP contribution < -0.4 is 10.6 Å². The van der Waals surface area contributed by atoms with Gasteiger partial charge in [-0.2, -0.15) is 10.2 Å². The van der Waals surface area contributed by atoms with Crippen molar-refractivity contribution in [3.8, 4) is 5.69 Å². The minimum absolute atomic E-state index is 0.393. The highest BCUT2D eigenvalue weighted by Crippen LogP contribution is 2.23. The molecule has 0 radical (unpaired) electrons. The molecular formula is C15H13ClN6O2. The van der Waals surface area contributed by atoms with Crippen molar-refractivity contribution in [2.45, 2.75) is 0 Å². The van der Waals surface area contributed by atoms with E-state index in [4.69, 9.17) is 11.6 Å². The number of aromatic nitrogens is 4. The first-order valence-corrected chi connectivity index (χ1v) is 7.31. The van der Waals surface area contributed by atoms with Gasteiger partial charge in [0.15, 0.2) is 0 Å². The van der Waals surface area contributed by atoms with Gasteiger partial charge in [0.25, 0.3) is 0 Å². The minimum atomic E-state index is -0.804. The first-order valence-electron chi connectivity index (χ1n) is 6.93. The third-order valence-electron chi connectivity index (χ3n) is 3.13. The van der Waals surface area contributed by atoms with E-state index in [-0.39, 0.29) is 0 Å². The Labute approximate surface area is 142 Å². The number of halogens is 1. The molecule has 1 aromatic carbocycles. The van der Waals surface area contributed by atoms with E-state index in [9.17, 15) is 9.59 Å². The fraction of sp³-hybridized carbons (Fsp3) is 0.0667. The summed E-state index contributed by atoms with van der Waals surface area (Å²) in [6.07, 6.45) is 6.41. The summed E-state index contributed by atoms with van der Waals surface area (Å²) in [5.74, 6) is -1.60. The molecular weight excluding hydrogens is 332 g/mol. The van der Waals surface area contributed by atoms with Gasteiger partial charge < -0.3 is 10.6 Å². The quantitative estimate of drug-likeness (QED) is 0.709. The average molecular weight is 345 g/mol. The van der Waals surface area contributed by atoms with Crippen LogP contribution in [0.1, 0.15) is 0 Å². The summed E-state index contributed by atoms with van der Waals surface area (Å²) in [5, 5.41) is 13.3. The number of anilines is 2. The molecule has 0 fully saturated rings. The summed E-state index contributed by atoms with van der Waals surface area (Å²) in [6.45, 7) is 0. The SMILES string of the molecule is Cn1cc(NC(=O)C(=O)Nc2ccc(-n3cccn3)c(Cl)c2)cn1. The van der Waals surface area contributed by atoms with Crippen LogP contribution in [0.3, 0.4) is 0 Å². The fourth-order valence-corrected chi connectivity index (χ4v) is 2.31. The third-order valence-corrected chi connectivity index (χ3v) is 3.43. The van der Waals surface area contributed by atoms with Gasteiger partial charge in [-0.1, -0.05) is 11.6 Å². The Hall–Kier alpha value is -3.13. The van der Waals surface area contributed by atoms with Crippen LogP contribution in [-0.2, 0) is 16.6 Å². The number of hydrogen-bond donors (Lipinski definition) is 2. The molecule has 0 atom stereocenters. The van der Waals surface area contributed by atoms with E-state index in [1.54, 1.807) is 54.6 Å². The van der Waals surface area contributed by atoms with Crippen LogP contribution in [0.5, 0.6) is 0 Å². The Morgan fingerprint density at radius 2 is 1.88 bits per heavy atom. The normalized spacial score (nSPS) is 10.4. The Bertz CT molecular complexity index is 887. The number of rotatable bonds is 3. The molecule has 3 rings (SSSR count). The van der Waals surface area contributed by atoms with Crippen molar-refractivity contribution in [3.05, 3.63) is 54.1 Å². The molecule has 8 nitrogen and oxygen atoms in total. The number of aryl methyl sites for hydroxylation is 1. The largest absolute Gasteiger partial charge is 0.318 e. The molecule has 3 aromatic rings. The summed E-state index contributed by atoms with van der Waals surface area (Å²) in [4.78, 5) is 23.8. The lowest BCUT2D eigenvalue weighted by atomic mass is 10.2. The monoisotopic (exact) mass is 344 g/mol. The van der Waals surface area contributed by atoms with Gasteiger partial charge >= 0.3 is 11.8 Å². The maximum absolute atomic E-state index is 11.9. The summed E-state index contributed by atoms with van der Waals surface area (Å²) in [6, 6.07) is 6.66. The molecule has 2 amide bonds. The van der Waals surface area contributed by atoms with Gasteiger partial charge in [-0.3, -0.25) is 14.3 Å². The van der Waals surface area contributed by atoms with E-state index in [1.807, 2.05) is 0 Å². The molecule has 0 unspecified atom stereocenters. The van der Waals surface area contributed by atoms with Gasteiger partial charge in [0.2, 0.25) is 0 Å². The van der Waals surface area contributed by atoms with Gasteiger partial charge in [0, 0.05) is 31.3 Å². The minimum Gasteiger partial charge on any atom is -0.318 e. The first kappa shape index (κ1) is 15.8. The summed E-state index contributed by atoms with van der Waals surface area (Å²) >= 11 is 6.19. The van der Waals surface area contributed by atoms with E-state index in [2.05, 4.69) is 20.8 Å². The molecule has 0 aliphatic heterocycles. The second-order valence-electron chi connectivity index (χ2n) is 4.93. The van der Waals surface area contributed by atoms with Crippen molar-refractivity contribution in [1.29, 1.82) is 0 Å². The Morgan fingerprint density at radius 3 is 2.46 bits per heavy atom. The Morgan fingerprint density at radius 1 is 1.12 bits per heavy atom. The van der Waals surface area contributed by atoms with E-state index in [0.717, 1.165) is 0 Å². The maximum atomic E-state index is 11.9. The van der Waals surface area contributed by atoms with Crippen molar-refractivity contribution in [2.75, 3.05) is 10.6 Å². The topological polar surface area (TPSA) is 93.8 Å². The molecule has 0 saturated heterocycles. The number of nitrogens with zero attached hydrogens (tertiary/aromatic N) is 4. The summed E-state index contributed by atoms with van der Waals surface area (Å²) in [5.41, 5.74) is 1.51. The lowest BCUT2D eigenvalue weighted by Gasteiger charge is -2.08. The van der Waals surface area contributed by atoms with Crippen LogP contribution in [0.25, 0.3) is 5.69 Å². The standard InChI is InChI=1S/C15H13ClN6O2/c1-21-9-11(8-18-21)20-15(24)14(23)19-10-3-4-13(12(16)7-10)22-6-2-5-17-22/h2-9H,1H3,(H,19,23)(H,20,24). The second-order valence-corrected chi connectivity index (χ2v) is 5.33. The number of hydrogen-bond acceptors (Lipinski definition) is 4. The Balaban J connectivity index is 1.68. The van der Waals surface area contributed by atoms with Crippen molar-refractivity contribution in [3.63, 3.8) is 0 Å². The van der Waals surface area contributed by atoms with Crippen LogP contribution in [-0.4, -0.2) is 31.4 Å².